The summed E-state index contributed by atoms with van der Waals surface area (Å²) in [5.41, 5.74) is 3.75. The number of H-pyrrole nitrogens is 1. The lowest BCUT2D eigenvalue weighted by Gasteiger charge is -2.37. The first-order valence-electron chi connectivity index (χ1n) is 10.8. The maximum absolute atomic E-state index is 13.1. The zero-order chi connectivity index (χ0) is 20.9. The maximum Gasteiger partial charge on any atom is 0.417 e. The number of aliphatic hydroxyl groups is 1. The van der Waals surface area contributed by atoms with Gasteiger partial charge in [0.1, 0.15) is 5.82 Å². The third-order valence-corrected chi connectivity index (χ3v) is 6.34. The van der Waals surface area contributed by atoms with Gasteiger partial charge >= 0.3 is 5.76 Å². The molecule has 30 heavy (non-hydrogen) atoms. The first kappa shape index (κ1) is 20.8. The highest BCUT2D eigenvalue weighted by molar-refractivity contribution is 5.72. The van der Waals surface area contributed by atoms with E-state index in [4.69, 9.17) is 4.42 Å². The van der Waals surface area contributed by atoms with Crippen LogP contribution in [0.1, 0.15) is 49.1 Å². The molecule has 0 atom stereocenters. The van der Waals surface area contributed by atoms with Crippen LogP contribution < -0.4 is 5.76 Å². The standard InChI is InChI=1S/C24H29FN2O3/c25-20-8-3-17(4-9-20)2-1-13-27(14-15-28)21-10-5-18(6-11-21)19-7-12-22-23(16-19)30-24(29)26-22/h3-4,7-9,12,16,18,21,28H,1-2,5-6,10-11,13-15H2,(H,26,29)/t18-,21-. The summed E-state index contributed by atoms with van der Waals surface area (Å²) in [6.45, 7) is 1.80. The van der Waals surface area contributed by atoms with Crippen molar-refractivity contribution >= 4 is 11.1 Å². The lowest BCUT2D eigenvalue weighted by atomic mass is 9.81. The summed E-state index contributed by atoms with van der Waals surface area (Å²) in [6.07, 6.45) is 6.27. The van der Waals surface area contributed by atoms with Gasteiger partial charge in [0.15, 0.2) is 5.58 Å². The van der Waals surface area contributed by atoms with E-state index in [0.29, 0.717) is 24.1 Å². The van der Waals surface area contributed by atoms with Crippen molar-refractivity contribution in [1.82, 2.24) is 9.88 Å². The Kier molecular flexibility index (Phi) is 6.65. The van der Waals surface area contributed by atoms with Crippen molar-refractivity contribution in [3.63, 3.8) is 0 Å². The first-order valence-corrected chi connectivity index (χ1v) is 10.8. The Morgan fingerprint density at radius 2 is 1.83 bits per heavy atom. The van der Waals surface area contributed by atoms with Gasteiger partial charge in [-0.2, -0.15) is 0 Å². The van der Waals surface area contributed by atoms with Gasteiger partial charge < -0.3 is 9.52 Å². The summed E-state index contributed by atoms with van der Waals surface area (Å²) in [5.74, 6) is -0.137. The van der Waals surface area contributed by atoms with Crippen LogP contribution in [0.3, 0.4) is 0 Å². The second-order valence-electron chi connectivity index (χ2n) is 8.27. The molecule has 0 spiro atoms. The molecule has 1 aromatic heterocycles. The molecule has 0 radical (unpaired) electrons. The number of nitrogens with zero attached hydrogens (tertiary/aromatic N) is 1. The van der Waals surface area contributed by atoms with E-state index >= 15 is 0 Å². The highest BCUT2D eigenvalue weighted by Gasteiger charge is 2.26. The van der Waals surface area contributed by atoms with Crippen LogP contribution >= 0.6 is 0 Å². The molecular weight excluding hydrogens is 383 g/mol. The monoisotopic (exact) mass is 412 g/mol. The molecule has 3 aromatic rings. The fourth-order valence-electron chi connectivity index (χ4n) is 4.73. The summed E-state index contributed by atoms with van der Waals surface area (Å²) in [6, 6.07) is 13.2. The zero-order valence-corrected chi connectivity index (χ0v) is 17.1. The van der Waals surface area contributed by atoms with E-state index in [1.165, 1.54) is 17.7 Å². The third-order valence-electron chi connectivity index (χ3n) is 6.34. The predicted molar refractivity (Wildman–Crippen MR) is 115 cm³/mol. The number of aromatic nitrogens is 1. The molecule has 160 valence electrons. The summed E-state index contributed by atoms with van der Waals surface area (Å²) in [5, 5.41) is 9.52. The number of rotatable bonds is 8. The summed E-state index contributed by atoms with van der Waals surface area (Å²) >= 11 is 0. The molecule has 0 aliphatic heterocycles. The molecule has 1 heterocycles. The number of nitrogens with one attached hydrogen (secondary N) is 1. The quantitative estimate of drug-likeness (QED) is 0.581. The van der Waals surface area contributed by atoms with Crippen LogP contribution in [0.2, 0.25) is 0 Å². The van der Waals surface area contributed by atoms with Gasteiger partial charge in [0.05, 0.1) is 12.1 Å². The lowest BCUT2D eigenvalue weighted by Crippen LogP contribution is -2.40. The molecule has 2 N–H and O–H groups in total. The van der Waals surface area contributed by atoms with E-state index in [2.05, 4.69) is 16.0 Å². The summed E-state index contributed by atoms with van der Waals surface area (Å²) in [4.78, 5) is 16.5. The molecule has 0 bridgehead atoms. The fourth-order valence-corrected chi connectivity index (χ4v) is 4.73. The number of benzene rings is 2. The van der Waals surface area contributed by atoms with Gasteiger partial charge in [-0.15, -0.1) is 0 Å². The van der Waals surface area contributed by atoms with Gasteiger partial charge in [0.25, 0.3) is 0 Å². The average Bonchev–Trinajstić information content (AvgIpc) is 3.14. The number of hydrogen-bond acceptors (Lipinski definition) is 4. The number of hydrogen-bond donors (Lipinski definition) is 2. The molecular formula is C24H29FN2O3. The second kappa shape index (κ2) is 9.58. The fraction of sp³-hybridized carbons (Fsp3) is 0.458. The van der Waals surface area contributed by atoms with E-state index in [0.717, 1.165) is 56.1 Å². The highest BCUT2D eigenvalue weighted by Crippen LogP contribution is 2.35. The molecule has 0 amide bonds. The topological polar surface area (TPSA) is 69.5 Å². The number of aromatic amines is 1. The van der Waals surface area contributed by atoms with Gasteiger partial charge in [-0.3, -0.25) is 9.88 Å². The average molecular weight is 413 g/mol. The van der Waals surface area contributed by atoms with Crippen molar-refractivity contribution in [1.29, 1.82) is 0 Å². The predicted octanol–water partition coefficient (Wildman–Crippen LogP) is 4.21. The van der Waals surface area contributed by atoms with E-state index in [9.17, 15) is 14.3 Å². The van der Waals surface area contributed by atoms with Crippen LogP contribution in [0.4, 0.5) is 4.39 Å². The normalized spacial score (nSPS) is 19.6. The minimum atomic E-state index is -0.411. The highest BCUT2D eigenvalue weighted by atomic mass is 19.1. The molecule has 1 fully saturated rings. The van der Waals surface area contributed by atoms with Crippen molar-refractivity contribution in [3.8, 4) is 0 Å². The Bertz CT molecular complexity index is 1000. The van der Waals surface area contributed by atoms with Crippen molar-refractivity contribution in [2.45, 2.75) is 50.5 Å². The van der Waals surface area contributed by atoms with Crippen molar-refractivity contribution in [2.75, 3.05) is 19.7 Å². The third kappa shape index (κ3) is 4.99. The number of aliphatic hydroxyl groups excluding tert-OH is 1. The number of fused-ring (bicyclic) bond motifs is 1. The van der Waals surface area contributed by atoms with Gasteiger partial charge in [0.2, 0.25) is 0 Å². The van der Waals surface area contributed by atoms with Gasteiger partial charge in [0, 0.05) is 12.6 Å². The molecule has 1 aliphatic carbocycles. The molecule has 4 rings (SSSR count). The second-order valence-corrected chi connectivity index (χ2v) is 8.27. The Hall–Kier alpha value is -2.44. The lowest BCUT2D eigenvalue weighted by molar-refractivity contribution is 0.118. The van der Waals surface area contributed by atoms with Crippen molar-refractivity contribution < 1.29 is 13.9 Å². The largest absolute Gasteiger partial charge is 0.417 e. The van der Waals surface area contributed by atoms with Crippen LogP contribution in [-0.2, 0) is 6.42 Å². The van der Waals surface area contributed by atoms with E-state index in [1.807, 2.05) is 24.3 Å². The van der Waals surface area contributed by atoms with Crippen LogP contribution in [0.15, 0.2) is 51.7 Å². The molecule has 0 saturated heterocycles. The summed E-state index contributed by atoms with van der Waals surface area (Å²) in [7, 11) is 0. The van der Waals surface area contributed by atoms with Crippen LogP contribution in [0, 0.1) is 5.82 Å². The Balaban J connectivity index is 1.31. The Labute approximate surface area is 175 Å². The molecule has 5 nitrogen and oxygen atoms in total. The van der Waals surface area contributed by atoms with Gasteiger partial charge in [-0.1, -0.05) is 18.2 Å². The maximum atomic E-state index is 13.1. The van der Waals surface area contributed by atoms with Gasteiger partial charge in [-0.05, 0) is 86.4 Å². The smallest absolute Gasteiger partial charge is 0.408 e. The van der Waals surface area contributed by atoms with Crippen molar-refractivity contribution in [3.05, 3.63) is 70.0 Å². The summed E-state index contributed by atoms with van der Waals surface area (Å²) < 4.78 is 18.3. The molecule has 1 aliphatic rings. The zero-order valence-electron chi connectivity index (χ0n) is 17.1. The van der Waals surface area contributed by atoms with E-state index in [1.54, 1.807) is 0 Å². The van der Waals surface area contributed by atoms with E-state index in [-0.39, 0.29) is 12.4 Å². The van der Waals surface area contributed by atoms with Crippen LogP contribution in [0.5, 0.6) is 0 Å². The number of oxazole rings is 1. The molecule has 2 aromatic carbocycles. The minimum Gasteiger partial charge on any atom is -0.408 e. The number of halogens is 1. The molecule has 6 heteroatoms. The van der Waals surface area contributed by atoms with E-state index < -0.39 is 5.76 Å². The Morgan fingerprint density at radius 3 is 2.57 bits per heavy atom. The Morgan fingerprint density at radius 1 is 1.07 bits per heavy atom. The first-order chi connectivity index (χ1) is 14.6. The SMILES string of the molecule is O=c1[nH]c2ccc([C@H]3CC[C@H](N(CCO)CCCc4ccc(F)cc4)CC3)cc2o1. The number of aryl methyl sites for hydroxylation is 1. The molecule has 1 saturated carbocycles. The minimum absolute atomic E-state index is 0.166. The van der Waals surface area contributed by atoms with Crippen molar-refractivity contribution in [2.24, 2.45) is 0 Å². The van der Waals surface area contributed by atoms with Gasteiger partial charge in [-0.25, -0.2) is 9.18 Å². The van der Waals surface area contributed by atoms with Crippen LogP contribution in [-0.4, -0.2) is 40.7 Å². The molecule has 0 unspecified atom stereocenters. The van der Waals surface area contributed by atoms with Crippen LogP contribution in [0.25, 0.3) is 11.1 Å².